The fraction of sp³-hybridized carbons (Fsp3) is 0.375. The van der Waals surface area contributed by atoms with Gasteiger partial charge in [-0.3, -0.25) is 4.99 Å². The zero-order valence-corrected chi connectivity index (χ0v) is 16.0. The van der Waals surface area contributed by atoms with E-state index in [-0.39, 0.29) is 29.8 Å². The molecule has 2 rings (SSSR count). The lowest BCUT2D eigenvalue weighted by Crippen LogP contribution is -2.39. The van der Waals surface area contributed by atoms with Crippen molar-refractivity contribution in [2.75, 3.05) is 20.6 Å². The summed E-state index contributed by atoms with van der Waals surface area (Å²) in [5, 5.41) is 3.32. The van der Waals surface area contributed by atoms with Gasteiger partial charge in [0, 0.05) is 46.1 Å². The zero-order valence-electron chi connectivity index (χ0n) is 13.7. The van der Waals surface area contributed by atoms with Crippen molar-refractivity contribution in [2.24, 2.45) is 4.99 Å². The van der Waals surface area contributed by atoms with Crippen LogP contribution < -0.4 is 5.32 Å². The molecule has 7 heteroatoms. The van der Waals surface area contributed by atoms with Crippen LogP contribution in [0.5, 0.6) is 0 Å². The van der Waals surface area contributed by atoms with Gasteiger partial charge in [-0.15, -0.1) is 24.0 Å². The number of guanidine groups is 1. The molecule has 0 spiro atoms. The van der Waals surface area contributed by atoms with Gasteiger partial charge in [0.1, 0.15) is 11.6 Å². The van der Waals surface area contributed by atoms with Gasteiger partial charge in [-0.2, -0.15) is 0 Å². The van der Waals surface area contributed by atoms with Gasteiger partial charge in [0.05, 0.1) is 0 Å². The molecule has 0 saturated carbocycles. The Hall–Kier alpha value is -1.64. The van der Waals surface area contributed by atoms with E-state index in [1.165, 1.54) is 12.1 Å². The number of benzene rings is 1. The second-order valence-electron chi connectivity index (χ2n) is 5.12. The molecule has 0 radical (unpaired) electrons. The summed E-state index contributed by atoms with van der Waals surface area (Å²) in [5.41, 5.74) is 1.04. The monoisotopic (exact) mass is 431 g/mol. The van der Waals surface area contributed by atoms with Gasteiger partial charge >= 0.3 is 0 Å². The number of hydrogen-bond donors (Lipinski definition) is 1. The summed E-state index contributed by atoms with van der Waals surface area (Å²) in [4.78, 5) is 10.5. The third kappa shape index (κ3) is 5.81. The third-order valence-electron chi connectivity index (χ3n) is 3.47. The summed E-state index contributed by atoms with van der Waals surface area (Å²) >= 11 is 0. The van der Waals surface area contributed by atoms with Crippen molar-refractivity contribution in [3.8, 4) is 0 Å². The minimum absolute atomic E-state index is 0. The Bertz CT molecular complexity index is 624. The minimum Gasteiger partial charge on any atom is -0.354 e. The Kier molecular flexibility index (Phi) is 8.01. The van der Waals surface area contributed by atoms with Gasteiger partial charge in [0.25, 0.3) is 0 Å². The molecular weight excluding hydrogens is 408 g/mol. The summed E-state index contributed by atoms with van der Waals surface area (Å²) in [6, 6.07) is 6.52. The summed E-state index contributed by atoms with van der Waals surface area (Å²) in [5.74, 6) is 1.59. The van der Waals surface area contributed by atoms with Crippen molar-refractivity contribution in [1.29, 1.82) is 0 Å². The first-order valence-corrected chi connectivity index (χ1v) is 7.24. The van der Waals surface area contributed by atoms with E-state index in [1.807, 2.05) is 25.1 Å². The third-order valence-corrected chi connectivity index (χ3v) is 3.47. The number of nitrogens with one attached hydrogen (secondary N) is 1. The van der Waals surface area contributed by atoms with Gasteiger partial charge in [0.15, 0.2) is 5.96 Å². The number of aliphatic imine (C=N–C) groups is 1. The van der Waals surface area contributed by atoms with Crippen molar-refractivity contribution in [3.05, 3.63) is 53.9 Å². The van der Waals surface area contributed by atoms with Crippen LogP contribution in [0.3, 0.4) is 0 Å². The van der Waals surface area contributed by atoms with Gasteiger partial charge in [-0.1, -0.05) is 12.1 Å². The summed E-state index contributed by atoms with van der Waals surface area (Å²) in [7, 11) is 3.72. The maximum Gasteiger partial charge on any atom is 0.193 e. The first-order valence-electron chi connectivity index (χ1n) is 7.24. The van der Waals surface area contributed by atoms with Crippen LogP contribution in [-0.2, 0) is 13.1 Å². The van der Waals surface area contributed by atoms with Crippen molar-refractivity contribution >= 4 is 29.9 Å². The standard InChI is InChI=1S/C16H22FN5.HI/c1-13-19-8-10-22(13)11-9-20-16(18-2)21(3)12-14-4-6-15(17)7-5-14;/h4-8,10H,9,11-12H2,1-3H3,(H,18,20);1H. The van der Waals surface area contributed by atoms with Crippen LogP contribution in [-0.4, -0.2) is 41.1 Å². The Balaban J connectivity index is 0.00000264. The summed E-state index contributed by atoms with van der Waals surface area (Å²) < 4.78 is 15.0. The molecule has 0 bridgehead atoms. The van der Waals surface area contributed by atoms with Crippen LogP contribution in [0.4, 0.5) is 4.39 Å². The van der Waals surface area contributed by atoms with Crippen molar-refractivity contribution in [1.82, 2.24) is 19.8 Å². The first kappa shape index (κ1) is 19.4. The van der Waals surface area contributed by atoms with E-state index in [0.29, 0.717) is 6.54 Å². The molecule has 0 saturated heterocycles. The number of aromatic nitrogens is 2. The van der Waals surface area contributed by atoms with Gasteiger partial charge < -0.3 is 14.8 Å². The SMILES string of the molecule is CN=C(NCCn1ccnc1C)N(C)Cc1ccc(F)cc1.I. The predicted molar refractivity (Wildman–Crippen MR) is 102 cm³/mol. The number of imidazole rings is 1. The van der Waals surface area contributed by atoms with Crippen molar-refractivity contribution in [2.45, 2.75) is 20.0 Å². The molecule has 23 heavy (non-hydrogen) atoms. The smallest absolute Gasteiger partial charge is 0.193 e. The molecule has 1 aromatic carbocycles. The number of halogens is 2. The number of rotatable bonds is 5. The molecule has 1 N–H and O–H groups in total. The molecular formula is C16H23FIN5. The second kappa shape index (κ2) is 9.49. The lowest BCUT2D eigenvalue weighted by atomic mass is 10.2. The molecule has 1 aromatic heterocycles. The van der Waals surface area contributed by atoms with Crippen LogP contribution in [0.1, 0.15) is 11.4 Å². The quantitative estimate of drug-likeness (QED) is 0.450. The molecule has 0 unspecified atom stereocenters. The summed E-state index contributed by atoms with van der Waals surface area (Å²) in [6.07, 6.45) is 3.76. The zero-order chi connectivity index (χ0) is 15.9. The van der Waals surface area contributed by atoms with E-state index in [2.05, 4.69) is 19.9 Å². The van der Waals surface area contributed by atoms with E-state index in [9.17, 15) is 4.39 Å². The number of hydrogen-bond acceptors (Lipinski definition) is 2. The highest BCUT2D eigenvalue weighted by molar-refractivity contribution is 14.0. The van der Waals surface area contributed by atoms with Crippen LogP contribution in [0, 0.1) is 12.7 Å². The van der Waals surface area contributed by atoms with E-state index in [4.69, 9.17) is 0 Å². The summed E-state index contributed by atoms with van der Waals surface area (Å²) in [6.45, 7) is 4.24. The Labute approximate surface area is 153 Å². The lowest BCUT2D eigenvalue weighted by molar-refractivity contribution is 0.472. The Morgan fingerprint density at radius 1 is 1.35 bits per heavy atom. The van der Waals surface area contributed by atoms with Crippen LogP contribution in [0.2, 0.25) is 0 Å². The molecule has 0 fully saturated rings. The average Bonchev–Trinajstić information content (AvgIpc) is 2.91. The largest absolute Gasteiger partial charge is 0.354 e. The van der Waals surface area contributed by atoms with Crippen LogP contribution in [0.25, 0.3) is 0 Å². The molecule has 5 nitrogen and oxygen atoms in total. The minimum atomic E-state index is -0.218. The molecule has 0 aliphatic rings. The van der Waals surface area contributed by atoms with E-state index in [1.54, 1.807) is 25.4 Å². The normalized spacial score (nSPS) is 11.0. The first-order chi connectivity index (χ1) is 10.6. The van der Waals surface area contributed by atoms with Crippen molar-refractivity contribution < 1.29 is 4.39 Å². The molecule has 0 amide bonds. The Morgan fingerprint density at radius 3 is 2.61 bits per heavy atom. The van der Waals surface area contributed by atoms with E-state index < -0.39 is 0 Å². The highest BCUT2D eigenvalue weighted by atomic mass is 127. The van der Waals surface area contributed by atoms with Crippen LogP contribution in [0.15, 0.2) is 41.7 Å². The number of aryl methyl sites for hydroxylation is 1. The van der Waals surface area contributed by atoms with Crippen LogP contribution >= 0.6 is 24.0 Å². The fourth-order valence-corrected chi connectivity index (χ4v) is 2.25. The molecule has 0 atom stereocenters. The van der Waals surface area contributed by atoms with E-state index >= 15 is 0 Å². The maximum atomic E-state index is 12.9. The van der Waals surface area contributed by atoms with Gasteiger partial charge in [0.2, 0.25) is 0 Å². The van der Waals surface area contributed by atoms with Gasteiger partial charge in [-0.05, 0) is 24.6 Å². The topological polar surface area (TPSA) is 45.5 Å². The van der Waals surface area contributed by atoms with Crippen molar-refractivity contribution in [3.63, 3.8) is 0 Å². The molecule has 1 heterocycles. The highest BCUT2D eigenvalue weighted by Crippen LogP contribution is 2.05. The fourth-order valence-electron chi connectivity index (χ4n) is 2.25. The van der Waals surface area contributed by atoms with E-state index in [0.717, 1.165) is 30.4 Å². The average molecular weight is 431 g/mol. The Morgan fingerprint density at radius 2 is 2.04 bits per heavy atom. The molecule has 126 valence electrons. The molecule has 0 aliphatic heterocycles. The second-order valence-corrected chi connectivity index (χ2v) is 5.12. The predicted octanol–water partition coefficient (Wildman–Crippen LogP) is 2.66. The van der Waals surface area contributed by atoms with Gasteiger partial charge in [-0.25, -0.2) is 9.37 Å². The number of nitrogens with zero attached hydrogens (tertiary/aromatic N) is 4. The molecule has 0 aliphatic carbocycles. The lowest BCUT2D eigenvalue weighted by Gasteiger charge is -2.22. The highest BCUT2D eigenvalue weighted by Gasteiger charge is 2.06. The molecule has 2 aromatic rings. The maximum absolute atomic E-state index is 12.9.